The molecular weight excluding hydrogens is 614 g/mol. The summed E-state index contributed by atoms with van der Waals surface area (Å²) < 4.78 is 47.6. The molecule has 0 saturated heterocycles. The van der Waals surface area contributed by atoms with Gasteiger partial charge < -0.3 is 20.3 Å². The van der Waals surface area contributed by atoms with Gasteiger partial charge in [0.15, 0.2) is 14.3 Å². The molecule has 0 aliphatic rings. The van der Waals surface area contributed by atoms with Gasteiger partial charge in [-0.3, -0.25) is 14.1 Å². The molecule has 0 rings (SSSR count). The summed E-state index contributed by atoms with van der Waals surface area (Å²) >= 11 is 0. The monoisotopic (exact) mass is 680 g/mol. The largest absolute Gasteiger partial charge is 1.00 e. The van der Waals surface area contributed by atoms with Crippen molar-refractivity contribution in [3.05, 3.63) is 0 Å². The van der Waals surface area contributed by atoms with E-state index in [9.17, 15) is 22.6 Å². The Morgan fingerprint density at radius 2 is 1.14 bits per heavy atom. The van der Waals surface area contributed by atoms with Gasteiger partial charge in [0.25, 0.3) is 10.1 Å². The molecule has 0 aromatic rings. The number of hydrogen-bond donors (Lipinski definition) is 2. The number of rotatable bonds is 28. The smallest absolute Gasteiger partial charge is 1.00 e. The number of hydrogen-bond acceptors (Lipinski definition) is 8. The van der Waals surface area contributed by atoms with E-state index in [0.717, 1.165) is 64.4 Å². The molecule has 0 fully saturated rings. The van der Waals surface area contributed by atoms with Crippen molar-refractivity contribution >= 4 is 31.1 Å². The van der Waals surface area contributed by atoms with Crippen LogP contribution in [0.2, 0.25) is 0 Å². The van der Waals surface area contributed by atoms with E-state index in [0.29, 0.717) is 0 Å². The molecule has 0 saturated carbocycles. The van der Waals surface area contributed by atoms with E-state index in [2.05, 4.69) is 20.8 Å². The van der Waals surface area contributed by atoms with Gasteiger partial charge in [0.2, 0.25) is 0 Å². The molecule has 0 radical (unpaired) electrons. The Bertz CT molecular complexity index is 751. The Morgan fingerprint density at radius 1 is 0.705 bits per heavy atom. The molecule has 0 bridgehead atoms. The van der Waals surface area contributed by atoms with Gasteiger partial charge in [-0.2, -0.15) is 8.42 Å². The maximum absolute atomic E-state index is 12.2. The predicted molar refractivity (Wildman–Crippen MR) is 178 cm³/mol. The predicted octanol–water partition coefficient (Wildman–Crippen LogP) is 5.69. The standard InChI is InChI=1S/C20H38O7S.C12H27O2P.Na.H/c1-5-9-11-16(7-3)14-26-19(21)13-18(28(23,24)25)20(22)27-15-17(8-4)12-10-6-2;1-2-3-4-5-6-7-8-9-10-11-12-14-15-13;;/h16-18H,5-15H2,1-4H3,(H,23,24,25);13,15H,2-12H2,1H3;;/q;;+1;-1. The van der Waals surface area contributed by atoms with Crippen LogP contribution in [0.1, 0.15) is 158 Å². The van der Waals surface area contributed by atoms with Crippen LogP contribution < -0.4 is 29.6 Å². The molecule has 0 spiro atoms. The zero-order valence-electron chi connectivity index (χ0n) is 29.9. The van der Waals surface area contributed by atoms with Crippen molar-refractivity contribution in [3.8, 4) is 0 Å². The Kier molecular flexibility index (Phi) is 38.1. The first-order valence-electron chi connectivity index (χ1n) is 16.9. The normalized spacial score (nSPS) is 13.4. The van der Waals surface area contributed by atoms with Crippen molar-refractivity contribution in [2.24, 2.45) is 11.8 Å². The summed E-state index contributed by atoms with van der Waals surface area (Å²) in [5.41, 5.74) is 0. The summed E-state index contributed by atoms with van der Waals surface area (Å²) in [4.78, 5) is 32.6. The average Bonchev–Trinajstić information content (AvgIpc) is 2.98. The fourth-order valence-electron chi connectivity index (χ4n) is 4.53. The van der Waals surface area contributed by atoms with E-state index < -0.39 is 33.7 Å². The van der Waals surface area contributed by atoms with E-state index in [-0.39, 0.29) is 65.1 Å². The summed E-state index contributed by atoms with van der Waals surface area (Å²) in [6.07, 6.45) is 20.2. The summed E-state index contributed by atoms with van der Waals surface area (Å²) in [5.74, 6) is -1.61. The first-order chi connectivity index (χ1) is 20.6. The van der Waals surface area contributed by atoms with Gasteiger partial charge in [-0.25, -0.2) is 0 Å². The van der Waals surface area contributed by atoms with E-state index >= 15 is 0 Å². The van der Waals surface area contributed by atoms with Crippen LogP contribution in [0.3, 0.4) is 0 Å². The molecule has 2 N–H and O–H groups in total. The molecule has 260 valence electrons. The Hall–Kier alpha value is 0.200. The van der Waals surface area contributed by atoms with E-state index in [1.54, 1.807) is 0 Å². The van der Waals surface area contributed by atoms with Crippen LogP contribution in [0.4, 0.5) is 0 Å². The third-order valence-corrected chi connectivity index (χ3v) is 9.08. The number of carbonyl (C=O) groups is 2. The molecular formula is C32H66NaO9PS. The van der Waals surface area contributed by atoms with Crippen LogP contribution in [0, 0.1) is 11.8 Å². The van der Waals surface area contributed by atoms with E-state index in [1.165, 1.54) is 57.8 Å². The summed E-state index contributed by atoms with van der Waals surface area (Å²) in [6, 6.07) is 0. The maximum atomic E-state index is 12.2. The zero-order chi connectivity index (χ0) is 32.8. The summed E-state index contributed by atoms with van der Waals surface area (Å²) in [7, 11) is -5.09. The van der Waals surface area contributed by atoms with Crippen LogP contribution in [0.15, 0.2) is 0 Å². The van der Waals surface area contributed by atoms with Crippen molar-refractivity contribution in [1.29, 1.82) is 0 Å². The van der Waals surface area contributed by atoms with E-state index in [1.807, 2.05) is 13.8 Å². The van der Waals surface area contributed by atoms with Crippen molar-refractivity contribution in [2.45, 2.75) is 162 Å². The van der Waals surface area contributed by atoms with Crippen LogP contribution in [-0.4, -0.2) is 54.9 Å². The second-order valence-corrected chi connectivity index (χ2v) is 13.5. The van der Waals surface area contributed by atoms with Crippen LogP contribution in [0.5, 0.6) is 0 Å². The molecule has 4 unspecified atom stereocenters. The average molecular weight is 681 g/mol. The SMILES string of the molecule is CCCCC(CC)COC(=O)CC(C(=O)OCC(CC)CCCC)S(=O)(=O)O.CCCCCCCCCCCCOPO.[H-].[Na+]. The summed E-state index contributed by atoms with van der Waals surface area (Å²) in [6.45, 7) is 11.3. The fourth-order valence-corrected chi connectivity index (χ4v) is 5.42. The molecule has 0 amide bonds. The molecule has 0 aliphatic heterocycles. The third kappa shape index (κ3) is 30.8. The van der Waals surface area contributed by atoms with Gasteiger partial charge in [0.05, 0.1) is 26.2 Å². The van der Waals surface area contributed by atoms with Gasteiger partial charge in [0.1, 0.15) is 0 Å². The van der Waals surface area contributed by atoms with Crippen LogP contribution in [0.25, 0.3) is 0 Å². The molecule has 0 aliphatic carbocycles. The van der Waals surface area contributed by atoms with Gasteiger partial charge in [-0.05, 0) is 31.1 Å². The molecule has 12 heteroatoms. The molecule has 4 atom stereocenters. The minimum absolute atomic E-state index is 0. The quantitative estimate of drug-likeness (QED) is 0.0351. The van der Waals surface area contributed by atoms with Crippen LogP contribution >= 0.6 is 9.03 Å². The number of unbranched alkanes of at least 4 members (excludes halogenated alkanes) is 11. The van der Waals surface area contributed by atoms with Crippen molar-refractivity contribution < 1.29 is 72.4 Å². The second-order valence-electron chi connectivity index (χ2n) is 11.5. The van der Waals surface area contributed by atoms with Gasteiger partial charge in [-0.1, -0.05) is 131 Å². The molecule has 0 heterocycles. The van der Waals surface area contributed by atoms with Crippen molar-refractivity contribution in [3.63, 3.8) is 0 Å². The molecule has 44 heavy (non-hydrogen) atoms. The van der Waals surface area contributed by atoms with E-state index in [4.69, 9.17) is 18.9 Å². The minimum atomic E-state index is -4.76. The fraction of sp³-hybridized carbons (Fsp3) is 0.938. The van der Waals surface area contributed by atoms with Gasteiger partial charge >= 0.3 is 41.5 Å². The number of ether oxygens (including phenoxy) is 2. The second kappa shape index (κ2) is 34.5. The summed E-state index contributed by atoms with van der Waals surface area (Å²) in [5, 5.41) is -1.95. The number of carbonyl (C=O) groups excluding carboxylic acids is 2. The molecule has 0 aromatic heterocycles. The minimum Gasteiger partial charge on any atom is -1.00 e. The number of esters is 2. The first-order valence-corrected chi connectivity index (χ1v) is 19.3. The zero-order valence-corrected chi connectivity index (χ0v) is 32.8. The molecule has 0 aromatic carbocycles. The topological polar surface area (TPSA) is 136 Å². The maximum Gasteiger partial charge on any atom is 1.00 e. The Morgan fingerprint density at radius 3 is 1.55 bits per heavy atom. The van der Waals surface area contributed by atoms with Crippen LogP contribution in [-0.2, 0) is 33.7 Å². The Balaban J connectivity index is -0.000000421. The molecule has 9 nitrogen and oxygen atoms in total. The van der Waals surface area contributed by atoms with Crippen molar-refractivity contribution in [1.82, 2.24) is 0 Å². The van der Waals surface area contributed by atoms with Crippen molar-refractivity contribution in [2.75, 3.05) is 19.8 Å². The third-order valence-electron chi connectivity index (χ3n) is 7.67. The van der Waals surface area contributed by atoms with Gasteiger partial charge in [0, 0.05) is 0 Å². The Labute approximate surface area is 295 Å². The van der Waals surface area contributed by atoms with Gasteiger partial charge in [-0.15, -0.1) is 0 Å². The first kappa shape index (κ1) is 48.6.